The summed E-state index contributed by atoms with van der Waals surface area (Å²) in [6, 6.07) is 0. The molecule has 0 radical (unpaired) electrons. The molecule has 0 aliphatic heterocycles. The fraction of sp³-hybridized carbons (Fsp3) is 1.00. The van der Waals surface area contributed by atoms with E-state index in [-0.39, 0.29) is 57.5 Å². The van der Waals surface area contributed by atoms with Crippen LogP contribution in [0.1, 0.15) is 123 Å². The first kappa shape index (κ1) is 30.7. The fourth-order valence-corrected chi connectivity index (χ4v) is 4.56. The summed E-state index contributed by atoms with van der Waals surface area (Å²) in [5.74, 6) is 0. The van der Waals surface area contributed by atoms with Gasteiger partial charge < -0.3 is 9.66 Å². The average Bonchev–Trinajstić information content (AvgIpc) is 2.57. The number of aliphatic hydroxyl groups excluding tert-OH is 1. The molecule has 0 heterocycles. The molecule has 6 heteroatoms. The van der Waals surface area contributed by atoms with Crippen LogP contribution in [0.15, 0.2) is 0 Å². The van der Waals surface area contributed by atoms with Gasteiger partial charge in [0, 0.05) is 5.25 Å². The van der Waals surface area contributed by atoms with Crippen molar-refractivity contribution in [2.24, 2.45) is 0 Å². The van der Waals surface area contributed by atoms with Gasteiger partial charge in [-0.05, 0) is 25.7 Å². The number of rotatable bonds is 19. The van der Waals surface area contributed by atoms with Crippen molar-refractivity contribution < 1.29 is 69.5 Å². The first-order valence-electron chi connectivity index (χ1n) is 11.0. The van der Waals surface area contributed by atoms with Crippen LogP contribution >= 0.6 is 0 Å². The Morgan fingerprint density at radius 3 is 1.41 bits per heavy atom. The largest absolute Gasteiger partial charge is 1.00 e. The first-order valence-corrected chi connectivity index (χ1v) is 12.5. The van der Waals surface area contributed by atoms with Crippen LogP contribution in [-0.4, -0.2) is 29.4 Å². The zero-order chi connectivity index (χ0) is 19.7. The molecule has 0 aromatic carbocycles. The molecular formula is C21H43KO4S. The quantitative estimate of drug-likeness (QED) is 0.194. The average molecular weight is 431 g/mol. The van der Waals surface area contributed by atoms with Crippen LogP contribution in [0.2, 0.25) is 0 Å². The molecule has 158 valence electrons. The van der Waals surface area contributed by atoms with Gasteiger partial charge in [-0.25, -0.2) is 8.42 Å². The summed E-state index contributed by atoms with van der Waals surface area (Å²) >= 11 is 0. The molecule has 0 rings (SSSR count). The van der Waals surface area contributed by atoms with E-state index >= 15 is 0 Å². The van der Waals surface area contributed by atoms with E-state index in [4.69, 9.17) is 0 Å². The van der Waals surface area contributed by atoms with Crippen molar-refractivity contribution in [2.45, 2.75) is 134 Å². The molecule has 0 aliphatic rings. The van der Waals surface area contributed by atoms with E-state index in [1.807, 2.05) is 6.92 Å². The summed E-state index contributed by atoms with van der Waals surface area (Å²) in [7, 11) is -4.11. The maximum absolute atomic E-state index is 11.1. The Bertz CT molecular complexity index is 401. The number of hydrogen-bond donors (Lipinski definition) is 1. The van der Waals surface area contributed by atoms with E-state index in [9.17, 15) is 18.1 Å². The molecular weight excluding hydrogens is 387 g/mol. The minimum atomic E-state index is -4.11. The molecule has 1 N–H and O–H groups in total. The smallest absolute Gasteiger partial charge is 0.748 e. The zero-order valence-electron chi connectivity index (χ0n) is 18.3. The minimum absolute atomic E-state index is 0. The molecule has 0 aromatic rings. The maximum atomic E-state index is 11.1. The molecule has 0 aliphatic carbocycles. The van der Waals surface area contributed by atoms with Gasteiger partial charge in [0.25, 0.3) is 0 Å². The van der Waals surface area contributed by atoms with E-state index < -0.39 is 15.4 Å². The van der Waals surface area contributed by atoms with Gasteiger partial charge in [-0.3, -0.25) is 0 Å². The molecule has 4 nitrogen and oxygen atoms in total. The Balaban J connectivity index is 0. The second kappa shape index (κ2) is 20.8. The van der Waals surface area contributed by atoms with E-state index in [1.165, 1.54) is 44.9 Å². The third-order valence-electron chi connectivity index (χ3n) is 5.20. The van der Waals surface area contributed by atoms with Crippen LogP contribution in [0.5, 0.6) is 0 Å². The summed E-state index contributed by atoms with van der Waals surface area (Å²) in [4.78, 5) is 0. The third kappa shape index (κ3) is 20.6. The van der Waals surface area contributed by atoms with Crippen molar-refractivity contribution in [3.05, 3.63) is 0 Å². The predicted octanol–water partition coefficient (Wildman–Crippen LogP) is 2.94. The fourth-order valence-electron chi connectivity index (χ4n) is 3.58. The third-order valence-corrected chi connectivity index (χ3v) is 6.49. The van der Waals surface area contributed by atoms with Crippen LogP contribution in [0.4, 0.5) is 0 Å². The Morgan fingerprint density at radius 1 is 0.667 bits per heavy atom. The van der Waals surface area contributed by atoms with Crippen molar-refractivity contribution in [3.63, 3.8) is 0 Å². The summed E-state index contributed by atoms with van der Waals surface area (Å²) in [6.45, 7) is 4.04. The van der Waals surface area contributed by atoms with Crippen LogP contribution in [0.25, 0.3) is 0 Å². The van der Waals surface area contributed by atoms with Crippen LogP contribution in [0.3, 0.4) is 0 Å². The molecule has 2 unspecified atom stereocenters. The summed E-state index contributed by atoms with van der Waals surface area (Å²) in [5, 5.41) is 8.99. The zero-order valence-corrected chi connectivity index (χ0v) is 22.2. The van der Waals surface area contributed by atoms with Crippen LogP contribution in [-0.2, 0) is 10.1 Å². The molecule has 0 bridgehead atoms. The minimum Gasteiger partial charge on any atom is -0.748 e. The second-order valence-corrected chi connectivity index (χ2v) is 9.46. The topological polar surface area (TPSA) is 77.4 Å². The molecule has 27 heavy (non-hydrogen) atoms. The monoisotopic (exact) mass is 430 g/mol. The first-order chi connectivity index (χ1) is 12.4. The molecule has 0 fully saturated rings. The Hall–Kier alpha value is 1.51. The van der Waals surface area contributed by atoms with E-state index in [0.29, 0.717) is 12.8 Å². The molecule has 2 atom stereocenters. The van der Waals surface area contributed by atoms with E-state index in [2.05, 4.69) is 6.92 Å². The van der Waals surface area contributed by atoms with Crippen molar-refractivity contribution in [1.29, 1.82) is 0 Å². The Morgan fingerprint density at radius 2 is 1.04 bits per heavy atom. The van der Waals surface area contributed by atoms with Gasteiger partial charge >= 0.3 is 51.4 Å². The van der Waals surface area contributed by atoms with Crippen LogP contribution < -0.4 is 51.4 Å². The standard InChI is InChI=1S/C21H44O4S.K/c1-3-16-20(22)18-14-12-10-8-6-5-7-9-11-13-15-19-21(17-4-2)26(23,24)25;/h20-22H,3-19H2,1-2H3,(H,23,24,25);/q;+1/p-1. The Labute approximate surface area is 211 Å². The molecule has 0 amide bonds. The van der Waals surface area contributed by atoms with Gasteiger partial charge in [0.2, 0.25) is 0 Å². The predicted molar refractivity (Wildman–Crippen MR) is 109 cm³/mol. The SMILES string of the molecule is CCCC(O)CCCCCCCCCCCCCC(CCC)S(=O)(=O)[O-].[K+]. The van der Waals surface area contributed by atoms with Crippen LogP contribution in [0, 0.1) is 0 Å². The molecule has 0 saturated heterocycles. The summed E-state index contributed by atoms with van der Waals surface area (Å²) in [6.07, 6.45) is 17.7. The van der Waals surface area contributed by atoms with Crippen molar-refractivity contribution in [2.75, 3.05) is 0 Å². The van der Waals surface area contributed by atoms with Crippen molar-refractivity contribution >= 4 is 10.1 Å². The van der Waals surface area contributed by atoms with Gasteiger partial charge in [0.1, 0.15) is 0 Å². The maximum Gasteiger partial charge on any atom is 1.00 e. The van der Waals surface area contributed by atoms with Gasteiger partial charge in [-0.1, -0.05) is 97.3 Å². The Kier molecular flexibility index (Phi) is 23.6. The van der Waals surface area contributed by atoms with Gasteiger partial charge in [-0.2, -0.15) is 0 Å². The van der Waals surface area contributed by atoms with Gasteiger partial charge in [0.15, 0.2) is 0 Å². The van der Waals surface area contributed by atoms with E-state index in [0.717, 1.165) is 51.4 Å². The number of aliphatic hydroxyl groups is 1. The number of hydrogen-bond acceptors (Lipinski definition) is 4. The normalized spacial score (nSPS) is 13.9. The second-order valence-electron chi connectivity index (χ2n) is 7.81. The summed E-state index contributed by atoms with van der Waals surface area (Å²) < 4.78 is 33.4. The molecule has 0 saturated carbocycles. The van der Waals surface area contributed by atoms with E-state index in [1.54, 1.807) is 0 Å². The van der Waals surface area contributed by atoms with Crippen molar-refractivity contribution in [1.82, 2.24) is 0 Å². The van der Waals surface area contributed by atoms with Crippen molar-refractivity contribution in [3.8, 4) is 0 Å². The summed E-state index contributed by atoms with van der Waals surface area (Å²) in [5.41, 5.74) is 0. The molecule has 0 aromatic heterocycles. The number of unbranched alkanes of at least 4 members (excludes halogenated alkanes) is 10. The van der Waals surface area contributed by atoms with Gasteiger partial charge in [-0.15, -0.1) is 0 Å². The van der Waals surface area contributed by atoms with Gasteiger partial charge in [0.05, 0.1) is 16.2 Å². The molecule has 0 spiro atoms.